The molecule has 112 valence electrons. The number of hydrogen-bond acceptors (Lipinski definition) is 4. The van der Waals surface area contributed by atoms with Crippen molar-refractivity contribution in [2.24, 2.45) is 0 Å². The normalized spacial score (nSPS) is 23.8. The van der Waals surface area contributed by atoms with E-state index in [0.29, 0.717) is 37.1 Å². The second-order valence-corrected chi connectivity index (χ2v) is 5.26. The first-order chi connectivity index (χ1) is 9.63. The summed E-state index contributed by atoms with van der Waals surface area (Å²) in [5, 5.41) is 19.0. The van der Waals surface area contributed by atoms with Gasteiger partial charge in [0.1, 0.15) is 11.6 Å². The highest BCUT2D eigenvalue weighted by atomic mass is 19.1. The minimum atomic E-state index is -0.332. The van der Waals surface area contributed by atoms with E-state index in [4.69, 9.17) is 4.74 Å². The van der Waals surface area contributed by atoms with Crippen molar-refractivity contribution in [2.45, 2.75) is 31.4 Å². The Morgan fingerprint density at radius 2 is 2.25 bits per heavy atom. The Morgan fingerprint density at radius 3 is 2.90 bits per heavy atom. The summed E-state index contributed by atoms with van der Waals surface area (Å²) in [4.78, 5) is 2.12. The number of hydrogen-bond donors (Lipinski definition) is 2. The van der Waals surface area contributed by atoms with Crippen LogP contribution >= 0.6 is 0 Å². The highest BCUT2D eigenvalue weighted by Crippen LogP contribution is 2.20. The number of benzene rings is 1. The molecule has 5 heteroatoms. The van der Waals surface area contributed by atoms with Gasteiger partial charge in [-0.3, -0.25) is 4.90 Å². The third-order valence-electron chi connectivity index (χ3n) is 3.95. The van der Waals surface area contributed by atoms with Crippen molar-refractivity contribution >= 4 is 0 Å². The van der Waals surface area contributed by atoms with Crippen LogP contribution < -0.4 is 4.74 Å². The zero-order chi connectivity index (χ0) is 14.5. The monoisotopic (exact) mass is 283 g/mol. The van der Waals surface area contributed by atoms with E-state index in [1.807, 2.05) is 0 Å². The minimum absolute atomic E-state index is 0.0277. The molecule has 1 saturated heterocycles. The molecule has 2 unspecified atom stereocenters. The first-order valence-electron chi connectivity index (χ1n) is 6.99. The summed E-state index contributed by atoms with van der Waals surface area (Å²) in [6, 6.07) is 4.85. The summed E-state index contributed by atoms with van der Waals surface area (Å²) in [5.74, 6) is 0.252. The number of likely N-dealkylation sites (tertiary alicyclic amines) is 1. The highest BCUT2D eigenvalue weighted by Gasteiger charge is 2.26. The maximum atomic E-state index is 13.8. The smallest absolute Gasteiger partial charge is 0.130 e. The van der Waals surface area contributed by atoms with Crippen molar-refractivity contribution in [2.75, 3.05) is 26.8 Å². The molecule has 20 heavy (non-hydrogen) atoms. The molecule has 1 aliphatic heterocycles. The van der Waals surface area contributed by atoms with Crippen LogP contribution in [0, 0.1) is 5.82 Å². The standard InChI is InChI=1S/C15H22FNO3/c1-20-14-3-2-11(15(16)9-14)4-6-17-7-5-13(19)8-12(17)10-18/h2-3,9,12-13,18-19H,4-8,10H2,1H3. The molecule has 2 atom stereocenters. The molecule has 0 spiro atoms. The van der Waals surface area contributed by atoms with E-state index < -0.39 is 0 Å². The molecule has 1 aliphatic rings. The molecule has 1 aromatic carbocycles. The van der Waals surface area contributed by atoms with E-state index >= 15 is 0 Å². The van der Waals surface area contributed by atoms with E-state index in [1.165, 1.54) is 13.2 Å². The third kappa shape index (κ3) is 3.69. The number of rotatable bonds is 5. The lowest BCUT2D eigenvalue weighted by Gasteiger charge is -2.36. The van der Waals surface area contributed by atoms with Crippen LogP contribution in [0.15, 0.2) is 18.2 Å². The fraction of sp³-hybridized carbons (Fsp3) is 0.600. The number of nitrogens with zero attached hydrogens (tertiary/aromatic N) is 1. The van der Waals surface area contributed by atoms with Crippen LogP contribution in [0.1, 0.15) is 18.4 Å². The number of aliphatic hydroxyl groups is 2. The van der Waals surface area contributed by atoms with Crippen LogP contribution in [0.3, 0.4) is 0 Å². The van der Waals surface area contributed by atoms with Crippen LogP contribution in [0.2, 0.25) is 0 Å². The molecule has 4 nitrogen and oxygen atoms in total. The molecule has 0 bridgehead atoms. The summed E-state index contributed by atoms with van der Waals surface area (Å²) < 4.78 is 18.8. The maximum Gasteiger partial charge on any atom is 0.130 e. The van der Waals surface area contributed by atoms with Gasteiger partial charge >= 0.3 is 0 Å². The second kappa shape index (κ2) is 7.02. The lowest BCUT2D eigenvalue weighted by Crippen LogP contribution is -2.47. The van der Waals surface area contributed by atoms with Crippen molar-refractivity contribution in [3.8, 4) is 5.75 Å². The van der Waals surface area contributed by atoms with Gasteiger partial charge in [-0.2, -0.15) is 0 Å². The third-order valence-corrected chi connectivity index (χ3v) is 3.95. The lowest BCUT2D eigenvalue weighted by molar-refractivity contribution is 0.0176. The minimum Gasteiger partial charge on any atom is -0.497 e. The first-order valence-corrected chi connectivity index (χ1v) is 6.99. The number of halogens is 1. The Bertz CT molecular complexity index is 441. The Morgan fingerprint density at radius 1 is 1.45 bits per heavy atom. The fourth-order valence-electron chi connectivity index (χ4n) is 2.68. The molecular weight excluding hydrogens is 261 g/mol. The Labute approximate surface area is 118 Å². The Kier molecular flexibility index (Phi) is 5.34. The number of methoxy groups -OCH3 is 1. The van der Waals surface area contributed by atoms with Gasteiger partial charge in [0.25, 0.3) is 0 Å². The summed E-state index contributed by atoms with van der Waals surface area (Å²) >= 11 is 0. The molecule has 0 radical (unpaired) electrons. The summed E-state index contributed by atoms with van der Waals surface area (Å²) in [5.41, 5.74) is 0.647. The fourth-order valence-corrected chi connectivity index (χ4v) is 2.68. The average Bonchev–Trinajstić information content (AvgIpc) is 2.46. The zero-order valence-electron chi connectivity index (χ0n) is 11.8. The van der Waals surface area contributed by atoms with E-state index in [-0.39, 0.29) is 24.6 Å². The van der Waals surface area contributed by atoms with Gasteiger partial charge in [0.2, 0.25) is 0 Å². The molecule has 2 rings (SSSR count). The largest absolute Gasteiger partial charge is 0.497 e. The zero-order valence-corrected chi connectivity index (χ0v) is 11.8. The molecule has 0 saturated carbocycles. The van der Waals surface area contributed by atoms with Gasteiger partial charge in [-0.25, -0.2) is 4.39 Å². The van der Waals surface area contributed by atoms with E-state index in [2.05, 4.69) is 4.90 Å². The van der Waals surface area contributed by atoms with Crippen molar-refractivity contribution < 1.29 is 19.3 Å². The number of ether oxygens (including phenoxy) is 1. The number of piperidine rings is 1. The van der Waals surface area contributed by atoms with Crippen LogP contribution in [0.5, 0.6) is 5.75 Å². The van der Waals surface area contributed by atoms with E-state index in [9.17, 15) is 14.6 Å². The van der Waals surface area contributed by atoms with Gasteiger partial charge in [0, 0.05) is 25.2 Å². The summed E-state index contributed by atoms with van der Waals surface area (Å²) in [6.07, 6.45) is 1.55. The Balaban J connectivity index is 1.94. The molecule has 0 aliphatic carbocycles. The first kappa shape index (κ1) is 15.2. The van der Waals surface area contributed by atoms with E-state index in [1.54, 1.807) is 12.1 Å². The van der Waals surface area contributed by atoms with Crippen molar-refractivity contribution in [3.63, 3.8) is 0 Å². The molecule has 1 fully saturated rings. The maximum absolute atomic E-state index is 13.8. The van der Waals surface area contributed by atoms with Crippen molar-refractivity contribution in [1.29, 1.82) is 0 Å². The van der Waals surface area contributed by atoms with Crippen LogP contribution in [-0.2, 0) is 6.42 Å². The average molecular weight is 283 g/mol. The van der Waals surface area contributed by atoms with Gasteiger partial charge in [-0.1, -0.05) is 6.07 Å². The molecule has 2 N–H and O–H groups in total. The van der Waals surface area contributed by atoms with Gasteiger partial charge in [-0.05, 0) is 30.9 Å². The van der Waals surface area contributed by atoms with Gasteiger partial charge < -0.3 is 14.9 Å². The predicted octanol–water partition coefficient (Wildman–Crippen LogP) is 1.19. The predicted molar refractivity (Wildman–Crippen MR) is 74.3 cm³/mol. The van der Waals surface area contributed by atoms with Gasteiger partial charge in [0.15, 0.2) is 0 Å². The van der Waals surface area contributed by atoms with Gasteiger partial charge in [-0.15, -0.1) is 0 Å². The lowest BCUT2D eigenvalue weighted by atomic mass is 9.99. The second-order valence-electron chi connectivity index (χ2n) is 5.26. The van der Waals surface area contributed by atoms with Gasteiger partial charge in [0.05, 0.1) is 19.8 Å². The van der Waals surface area contributed by atoms with Crippen molar-refractivity contribution in [1.82, 2.24) is 4.90 Å². The number of aliphatic hydroxyl groups excluding tert-OH is 2. The molecule has 1 heterocycles. The van der Waals surface area contributed by atoms with Crippen LogP contribution in [-0.4, -0.2) is 54.1 Å². The molecule has 0 aromatic heterocycles. The summed E-state index contributed by atoms with van der Waals surface area (Å²) in [6.45, 7) is 1.45. The molecular formula is C15H22FNO3. The quantitative estimate of drug-likeness (QED) is 0.852. The molecule has 1 aromatic rings. The van der Waals surface area contributed by atoms with E-state index in [0.717, 1.165) is 6.54 Å². The van der Waals surface area contributed by atoms with Crippen LogP contribution in [0.25, 0.3) is 0 Å². The van der Waals surface area contributed by atoms with Crippen LogP contribution in [0.4, 0.5) is 4.39 Å². The highest BCUT2D eigenvalue weighted by molar-refractivity contribution is 5.29. The molecule has 0 amide bonds. The van der Waals surface area contributed by atoms with Crippen molar-refractivity contribution in [3.05, 3.63) is 29.6 Å². The SMILES string of the molecule is COc1ccc(CCN2CCC(O)CC2CO)c(F)c1. The summed E-state index contributed by atoms with van der Waals surface area (Å²) in [7, 11) is 1.51. The topological polar surface area (TPSA) is 52.9 Å². The Hall–Kier alpha value is -1.17.